The molecule has 1 aliphatic rings. The third-order valence-electron chi connectivity index (χ3n) is 5.00. The van der Waals surface area contributed by atoms with E-state index in [-0.39, 0.29) is 11.9 Å². The Morgan fingerprint density at radius 3 is 2.57 bits per heavy atom. The molecular weight excluding hydrogens is 287 g/mol. The first-order chi connectivity index (χ1) is 10.1. The topological polar surface area (TPSA) is 29.3 Å². The molecule has 0 amide bonds. The standard InChI is InChI=1S/C17H26ClFN2/c1-3-12-4-7-14(8-5-12)21(2)17(11-20)15-10-13(18)6-9-16(15)19/h6,9-10,12,14,17H,3-5,7-8,11,20H2,1-2H3. The number of likely N-dealkylation sites (N-methyl/N-ethyl adjacent to an activating group) is 1. The van der Waals surface area contributed by atoms with Crippen LogP contribution in [0.4, 0.5) is 4.39 Å². The van der Waals surface area contributed by atoms with E-state index < -0.39 is 0 Å². The number of hydrogen-bond acceptors (Lipinski definition) is 2. The normalized spacial score (nSPS) is 24.3. The molecule has 0 aromatic heterocycles. The summed E-state index contributed by atoms with van der Waals surface area (Å²) in [5, 5.41) is 0.563. The van der Waals surface area contributed by atoms with Crippen LogP contribution in [-0.2, 0) is 0 Å². The minimum Gasteiger partial charge on any atom is -0.329 e. The second-order valence-electron chi connectivity index (χ2n) is 6.17. The van der Waals surface area contributed by atoms with Crippen molar-refractivity contribution in [3.8, 4) is 0 Å². The van der Waals surface area contributed by atoms with Crippen molar-refractivity contribution < 1.29 is 4.39 Å². The molecule has 1 aromatic rings. The lowest BCUT2D eigenvalue weighted by molar-refractivity contribution is 0.120. The molecule has 0 spiro atoms. The van der Waals surface area contributed by atoms with Crippen LogP contribution < -0.4 is 5.73 Å². The molecule has 118 valence electrons. The van der Waals surface area contributed by atoms with Gasteiger partial charge in [0.05, 0.1) is 0 Å². The molecule has 0 heterocycles. The van der Waals surface area contributed by atoms with Crippen molar-refractivity contribution in [1.29, 1.82) is 0 Å². The zero-order valence-electron chi connectivity index (χ0n) is 13.0. The van der Waals surface area contributed by atoms with Gasteiger partial charge in [0.25, 0.3) is 0 Å². The first kappa shape index (κ1) is 16.7. The molecule has 4 heteroatoms. The molecule has 1 unspecified atom stereocenters. The van der Waals surface area contributed by atoms with Gasteiger partial charge >= 0.3 is 0 Å². The summed E-state index contributed by atoms with van der Waals surface area (Å²) in [4.78, 5) is 2.25. The Hall–Kier alpha value is -0.640. The Balaban J connectivity index is 2.11. The van der Waals surface area contributed by atoms with Crippen molar-refractivity contribution in [3.63, 3.8) is 0 Å². The Kier molecular flexibility index (Phi) is 6.03. The third-order valence-corrected chi connectivity index (χ3v) is 5.24. The largest absolute Gasteiger partial charge is 0.329 e. The molecule has 1 atom stereocenters. The minimum absolute atomic E-state index is 0.105. The van der Waals surface area contributed by atoms with E-state index in [9.17, 15) is 4.39 Å². The predicted molar refractivity (Wildman–Crippen MR) is 87.0 cm³/mol. The Morgan fingerprint density at radius 2 is 2.00 bits per heavy atom. The van der Waals surface area contributed by atoms with E-state index in [0.29, 0.717) is 23.2 Å². The van der Waals surface area contributed by atoms with Gasteiger partial charge in [-0.05, 0) is 56.8 Å². The van der Waals surface area contributed by atoms with E-state index in [1.54, 1.807) is 12.1 Å². The van der Waals surface area contributed by atoms with Crippen LogP contribution in [0.15, 0.2) is 18.2 Å². The van der Waals surface area contributed by atoms with Gasteiger partial charge in [0.1, 0.15) is 5.82 Å². The summed E-state index contributed by atoms with van der Waals surface area (Å²) < 4.78 is 14.1. The van der Waals surface area contributed by atoms with Crippen molar-refractivity contribution in [1.82, 2.24) is 4.90 Å². The molecule has 0 aliphatic heterocycles. The van der Waals surface area contributed by atoms with E-state index in [4.69, 9.17) is 17.3 Å². The monoisotopic (exact) mass is 312 g/mol. The van der Waals surface area contributed by atoms with Gasteiger partial charge in [-0.15, -0.1) is 0 Å². The van der Waals surface area contributed by atoms with Gasteiger partial charge < -0.3 is 5.73 Å². The van der Waals surface area contributed by atoms with Crippen molar-refractivity contribution in [3.05, 3.63) is 34.6 Å². The predicted octanol–water partition coefficient (Wildman–Crippen LogP) is 4.38. The zero-order valence-corrected chi connectivity index (χ0v) is 13.7. The quantitative estimate of drug-likeness (QED) is 0.874. The van der Waals surface area contributed by atoms with Gasteiger partial charge in [0.15, 0.2) is 0 Å². The minimum atomic E-state index is -0.219. The van der Waals surface area contributed by atoms with Crippen LogP contribution in [0.25, 0.3) is 0 Å². The lowest BCUT2D eigenvalue weighted by atomic mass is 9.83. The summed E-state index contributed by atoms with van der Waals surface area (Å²) in [7, 11) is 2.06. The van der Waals surface area contributed by atoms with E-state index in [2.05, 4.69) is 18.9 Å². The second-order valence-corrected chi connectivity index (χ2v) is 6.60. The van der Waals surface area contributed by atoms with Gasteiger partial charge in [-0.2, -0.15) is 0 Å². The van der Waals surface area contributed by atoms with Crippen molar-refractivity contribution >= 4 is 11.6 Å². The third kappa shape index (κ3) is 3.97. The van der Waals surface area contributed by atoms with Gasteiger partial charge in [0.2, 0.25) is 0 Å². The highest BCUT2D eigenvalue weighted by Crippen LogP contribution is 2.33. The maximum atomic E-state index is 14.1. The first-order valence-electron chi connectivity index (χ1n) is 7.93. The van der Waals surface area contributed by atoms with Crippen LogP contribution >= 0.6 is 11.6 Å². The maximum absolute atomic E-state index is 14.1. The number of hydrogen-bond donors (Lipinski definition) is 1. The molecule has 0 saturated heterocycles. The Morgan fingerprint density at radius 1 is 1.33 bits per heavy atom. The zero-order chi connectivity index (χ0) is 15.4. The fraction of sp³-hybridized carbons (Fsp3) is 0.647. The van der Waals surface area contributed by atoms with Gasteiger partial charge in [0, 0.05) is 29.2 Å². The van der Waals surface area contributed by atoms with Crippen molar-refractivity contribution in [2.24, 2.45) is 11.7 Å². The number of nitrogens with zero attached hydrogens (tertiary/aromatic N) is 1. The fourth-order valence-electron chi connectivity index (χ4n) is 3.50. The van der Waals surface area contributed by atoms with Crippen LogP contribution in [0.1, 0.15) is 50.6 Å². The first-order valence-corrected chi connectivity index (χ1v) is 8.31. The molecule has 2 nitrogen and oxygen atoms in total. The molecule has 0 radical (unpaired) electrons. The van der Waals surface area contributed by atoms with Gasteiger partial charge in [-0.1, -0.05) is 24.9 Å². The lowest BCUT2D eigenvalue weighted by Gasteiger charge is -2.39. The number of benzene rings is 1. The van der Waals surface area contributed by atoms with E-state index in [0.717, 1.165) is 5.92 Å². The molecule has 1 saturated carbocycles. The summed E-state index contributed by atoms with van der Waals surface area (Å²) in [6.45, 7) is 2.67. The molecule has 2 N–H and O–H groups in total. The van der Waals surface area contributed by atoms with Gasteiger partial charge in [-0.25, -0.2) is 4.39 Å². The Bertz CT molecular complexity index is 458. The summed E-state index contributed by atoms with van der Waals surface area (Å²) in [5.41, 5.74) is 6.55. The smallest absolute Gasteiger partial charge is 0.128 e. The lowest BCUT2D eigenvalue weighted by Crippen LogP contribution is -2.41. The summed E-state index contributed by atoms with van der Waals surface area (Å²) in [6, 6.07) is 5.11. The SMILES string of the molecule is CCC1CCC(N(C)C(CN)c2cc(Cl)ccc2F)CC1. The number of halogens is 2. The average molecular weight is 313 g/mol. The molecule has 2 rings (SSSR count). The molecule has 1 aromatic carbocycles. The summed E-state index contributed by atoms with van der Waals surface area (Å²) in [5.74, 6) is 0.637. The van der Waals surface area contributed by atoms with Crippen LogP contribution in [0.2, 0.25) is 5.02 Å². The van der Waals surface area contributed by atoms with Crippen LogP contribution in [0.3, 0.4) is 0 Å². The van der Waals surface area contributed by atoms with Crippen LogP contribution in [-0.4, -0.2) is 24.5 Å². The van der Waals surface area contributed by atoms with Gasteiger partial charge in [-0.3, -0.25) is 4.90 Å². The molecule has 21 heavy (non-hydrogen) atoms. The molecule has 0 bridgehead atoms. The highest BCUT2D eigenvalue weighted by Gasteiger charge is 2.28. The molecular formula is C17H26ClFN2. The van der Waals surface area contributed by atoms with Crippen molar-refractivity contribution in [2.45, 2.75) is 51.1 Å². The Labute approximate surface area is 132 Å². The summed E-state index contributed by atoms with van der Waals surface area (Å²) >= 11 is 6.02. The molecule has 1 aliphatic carbocycles. The van der Waals surface area contributed by atoms with E-state index >= 15 is 0 Å². The average Bonchev–Trinajstić information content (AvgIpc) is 2.51. The highest BCUT2D eigenvalue weighted by molar-refractivity contribution is 6.30. The van der Waals surface area contributed by atoms with E-state index in [1.165, 1.54) is 38.2 Å². The number of rotatable bonds is 5. The van der Waals surface area contributed by atoms with E-state index in [1.807, 2.05) is 0 Å². The molecule has 1 fully saturated rings. The van der Waals surface area contributed by atoms with Crippen LogP contribution in [0.5, 0.6) is 0 Å². The summed E-state index contributed by atoms with van der Waals surface area (Å²) in [6.07, 6.45) is 6.14. The highest BCUT2D eigenvalue weighted by atomic mass is 35.5. The number of nitrogens with two attached hydrogens (primary N) is 1. The maximum Gasteiger partial charge on any atom is 0.128 e. The van der Waals surface area contributed by atoms with Crippen LogP contribution in [0, 0.1) is 11.7 Å². The second kappa shape index (κ2) is 7.57. The fourth-order valence-corrected chi connectivity index (χ4v) is 3.68. The van der Waals surface area contributed by atoms with Crippen molar-refractivity contribution in [2.75, 3.05) is 13.6 Å².